The summed E-state index contributed by atoms with van der Waals surface area (Å²) in [5.41, 5.74) is 7.63. The van der Waals surface area contributed by atoms with E-state index in [1.807, 2.05) is 0 Å². The molecule has 0 amide bonds. The molecule has 1 saturated carbocycles. The Bertz CT molecular complexity index is 1040. The number of benzene rings is 2. The van der Waals surface area contributed by atoms with Gasteiger partial charge in [-0.25, -0.2) is 0 Å². The van der Waals surface area contributed by atoms with Crippen LogP contribution in [-0.4, -0.2) is 48.8 Å². The molecule has 1 aliphatic carbocycles. The molecule has 0 bridgehead atoms. The first kappa shape index (κ1) is 27.4. The highest BCUT2D eigenvalue weighted by atomic mass is 16.2. The Balaban J connectivity index is 1.61. The van der Waals surface area contributed by atoms with Crippen LogP contribution in [-0.2, 0) is 0 Å². The first-order valence-electron chi connectivity index (χ1n) is 14.6. The summed E-state index contributed by atoms with van der Waals surface area (Å²) in [7, 11) is 0. The smallest absolute Gasteiger partial charge is 0.0434 e. The van der Waals surface area contributed by atoms with Crippen molar-refractivity contribution >= 4 is 11.3 Å². The van der Waals surface area contributed by atoms with E-state index in [4.69, 9.17) is 0 Å². The van der Waals surface area contributed by atoms with Gasteiger partial charge in [0, 0.05) is 44.5 Å². The first-order chi connectivity index (χ1) is 18.2. The van der Waals surface area contributed by atoms with Gasteiger partial charge in [-0.2, -0.15) is 0 Å². The molecule has 1 N–H and O–H groups in total. The molecule has 2 aliphatic rings. The van der Waals surface area contributed by atoms with Crippen LogP contribution in [0.4, 0.5) is 5.69 Å². The molecular weight excluding hydrogens is 452 g/mol. The fourth-order valence-electron chi connectivity index (χ4n) is 6.04. The number of rotatable bonds is 10. The Morgan fingerprint density at radius 3 is 2.19 bits per heavy atom. The molecule has 3 nitrogen and oxygen atoms in total. The number of nitrogens with zero attached hydrogens (tertiary/aromatic N) is 2. The number of hydrogen-bond donors (Lipinski definition) is 1. The molecule has 0 aromatic heterocycles. The summed E-state index contributed by atoms with van der Waals surface area (Å²) < 4.78 is 0. The van der Waals surface area contributed by atoms with E-state index in [-0.39, 0.29) is 6.61 Å². The number of anilines is 1. The maximum atomic E-state index is 9.68. The highest BCUT2D eigenvalue weighted by Crippen LogP contribution is 2.35. The van der Waals surface area contributed by atoms with Crippen molar-refractivity contribution in [2.75, 3.05) is 37.7 Å². The number of aliphatic hydroxyl groups is 1. The summed E-state index contributed by atoms with van der Waals surface area (Å²) in [6.45, 7) is 9.08. The maximum Gasteiger partial charge on any atom is 0.0434 e. The van der Waals surface area contributed by atoms with Crippen LogP contribution in [0, 0.1) is 0 Å². The quantitative estimate of drug-likeness (QED) is 0.341. The Labute approximate surface area is 225 Å². The summed E-state index contributed by atoms with van der Waals surface area (Å²) in [5, 5.41) is 9.68. The van der Waals surface area contributed by atoms with Gasteiger partial charge in [0.1, 0.15) is 0 Å². The number of allylic oxidation sites excluding steroid dienone is 5. The van der Waals surface area contributed by atoms with Crippen LogP contribution >= 0.6 is 0 Å². The van der Waals surface area contributed by atoms with Crippen molar-refractivity contribution in [2.24, 2.45) is 0 Å². The Morgan fingerprint density at radius 1 is 0.892 bits per heavy atom. The molecule has 0 spiro atoms. The minimum absolute atomic E-state index is 0.200. The molecule has 1 heterocycles. The van der Waals surface area contributed by atoms with Crippen molar-refractivity contribution in [3.63, 3.8) is 0 Å². The van der Waals surface area contributed by atoms with Gasteiger partial charge in [0.15, 0.2) is 0 Å². The lowest BCUT2D eigenvalue weighted by Gasteiger charge is -2.41. The molecule has 0 radical (unpaired) electrons. The van der Waals surface area contributed by atoms with Crippen LogP contribution in [0.15, 0.2) is 84.0 Å². The minimum atomic E-state index is 0.200. The third kappa shape index (κ3) is 7.24. The van der Waals surface area contributed by atoms with Crippen molar-refractivity contribution in [2.45, 2.75) is 71.3 Å². The normalized spacial score (nSPS) is 18.9. The van der Waals surface area contributed by atoms with Gasteiger partial charge >= 0.3 is 0 Å². The Kier molecular flexibility index (Phi) is 10.6. The standard InChI is InChI=1S/C34H46N2O/c1-3-5-13-28(4-2)33(18-12-27-37)34(29-14-8-6-9-15-29)30-19-21-32(22-20-30)36-25-23-35(24-26-36)31-16-10-7-11-17-31/h4-6,8-9,13-15,19-22,31,37H,3,7,10-12,16-18,23-27H2,1-2H3/b13-5-,28-4+,34-33-. The SMILES string of the molecule is C/C=C(\C=C/CC)C(/CCCO)=C(/c1ccccc1)c1ccc(N2CCN(C3CCCCC3)CC2)cc1. The lowest BCUT2D eigenvalue weighted by molar-refractivity contribution is 0.148. The Morgan fingerprint density at radius 2 is 1.57 bits per heavy atom. The second kappa shape index (κ2) is 14.4. The molecular formula is C34H46N2O. The van der Waals surface area contributed by atoms with Gasteiger partial charge in [0.2, 0.25) is 0 Å². The summed E-state index contributed by atoms with van der Waals surface area (Å²) in [6.07, 6.45) is 16.3. The lowest BCUT2D eigenvalue weighted by atomic mass is 9.86. The van der Waals surface area contributed by atoms with Gasteiger partial charge in [0.25, 0.3) is 0 Å². The van der Waals surface area contributed by atoms with Gasteiger partial charge in [-0.1, -0.05) is 86.9 Å². The van der Waals surface area contributed by atoms with Crippen molar-refractivity contribution in [1.29, 1.82) is 0 Å². The average Bonchev–Trinajstić information content (AvgIpc) is 2.97. The van der Waals surface area contributed by atoms with Crippen LogP contribution in [0.2, 0.25) is 0 Å². The van der Waals surface area contributed by atoms with Gasteiger partial charge in [0.05, 0.1) is 0 Å². The average molecular weight is 499 g/mol. The molecule has 3 heteroatoms. The van der Waals surface area contributed by atoms with Crippen molar-refractivity contribution in [3.05, 3.63) is 95.1 Å². The second-order valence-corrected chi connectivity index (χ2v) is 10.5. The molecule has 0 atom stereocenters. The Hall–Kier alpha value is -2.62. The number of piperazine rings is 1. The van der Waals surface area contributed by atoms with Gasteiger partial charge < -0.3 is 10.0 Å². The summed E-state index contributed by atoms with van der Waals surface area (Å²) >= 11 is 0. The second-order valence-electron chi connectivity index (χ2n) is 10.5. The minimum Gasteiger partial charge on any atom is -0.396 e. The fraction of sp³-hybridized carbons (Fsp3) is 0.471. The van der Waals surface area contributed by atoms with E-state index < -0.39 is 0 Å². The predicted molar refractivity (Wildman–Crippen MR) is 159 cm³/mol. The molecule has 37 heavy (non-hydrogen) atoms. The van der Waals surface area contributed by atoms with Crippen LogP contribution in [0.1, 0.15) is 76.3 Å². The summed E-state index contributed by atoms with van der Waals surface area (Å²) in [4.78, 5) is 5.30. The summed E-state index contributed by atoms with van der Waals surface area (Å²) in [5.74, 6) is 0. The molecule has 2 fully saturated rings. The highest BCUT2D eigenvalue weighted by Gasteiger charge is 2.25. The van der Waals surface area contributed by atoms with Gasteiger partial charge in [-0.3, -0.25) is 4.90 Å². The van der Waals surface area contributed by atoms with E-state index in [1.165, 1.54) is 78.7 Å². The van der Waals surface area contributed by atoms with Crippen molar-refractivity contribution in [3.8, 4) is 0 Å². The monoisotopic (exact) mass is 498 g/mol. The molecule has 1 aliphatic heterocycles. The molecule has 1 saturated heterocycles. The molecule has 0 unspecified atom stereocenters. The zero-order valence-corrected chi connectivity index (χ0v) is 23.0. The number of aliphatic hydroxyl groups excluding tert-OH is 1. The highest BCUT2D eigenvalue weighted by molar-refractivity contribution is 5.85. The van der Waals surface area contributed by atoms with E-state index >= 15 is 0 Å². The third-order valence-corrected chi connectivity index (χ3v) is 8.07. The molecule has 2 aromatic carbocycles. The third-order valence-electron chi connectivity index (χ3n) is 8.07. The molecule has 2 aromatic rings. The van der Waals surface area contributed by atoms with Crippen molar-refractivity contribution < 1.29 is 5.11 Å². The van der Waals surface area contributed by atoms with Crippen molar-refractivity contribution in [1.82, 2.24) is 4.90 Å². The molecule has 4 rings (SSSR count). The largest absolute Gasteiger partial charge is 0.396 e. The van der Waals surface area contributed by atoms with E-state index in [0.29, 0.717) is 0 Å². The zero-order valence-electron chi connectivity index (χ0n) is 23.0. The van der Waals surface area contributed by atoms with E-state index in [1.54, 1.807) is 0 Å². The zero-order chi connectivity index (χ0) is 25.9. The molecule has 198 valence electrons. The van der Waals surface area contributed by atoms with Gasteiger partial charge in [-0.05, 0) is 79.0 Å². The van der Waals surface area contributed by atoms with E-state index in [2.05, 4.69) is 96.5 Å². The predicted octanol–water partition coefficient (Wildman–Crippen LogP) is 7.63. The van der Waals surface area contributed by atoms with E-state index in [0.717, 1.165) is 38.4 Å². The van der Waals surface area contributed by atoms with Crippen LogP contribution in [0.5, 0.6) is 0 Å². The lowest BCUT2D eigenvalue weighted by Crippen LogP contribution is -2.50. The summed E-state index contributed by atoms with van der Waals surface area (Å²) in [6, 6.07) is 20.8. The van der Waals surface area contributed by atoms with Crippen LogP contribution < -0.4 is 4.90 Å². The van der Waals surface area contributed by atoms with E-state index in [9.17, 15) is 5.11 Å². The van der Waals surface area contributed by atoms with Gasteiger partial charge in [-0.15, -0.1) is 0 Å². The first-order valence-corrected chi connectivity index (χ1v) is 14.6. The number of hydrogen-bond acceptors (Lipinski definition) is 3. The maximum absolute atomic E-state index is 9.68. The van der Waals surface area contributed by atoms with Crippen LogP contribution in [0.25, 0.3) is 5.57 Å². The fourth-order valence-corrected chi connectivity index (χ4v) is 6.04. The van der Waals surface area contributed by atoms with Crippen LogP contribution in [0.3, 0.4) is 0 Å². The topological polar surface area (TPSA) is 26.7 Å².